The van der Waals surface area contributed by atoms with Crippen molar-refractivity contribution in [1.82, 2.24) is 10.2 Å². The lowest BCUT2D eigenvalue weighted by Crippen LogP contribution is -2.23. The van der Waals surface area contributed by atoms with Gasteiger partial charge in [-0.1, -0.05) is 43.8 Å². The number of rotatable bonds is 7. The quantitative estimate of drug-likeness (QED) is 0.558. The summed E-state index contributed by atoms with van der Waals surface area (Å²) in [6.45, 7) is 7.94. The summed E-state index contributed by atoms with van der Waals surface area (Å²) < 4.78 is 10.9. The minimum atomic E-state index is -0.381. The average Bonchev–Trinajstić information content (AvgIpc) is 3.30. The van der Waals surface area contributed by atoms with Crippen molar-refractivity contribution < 1.29 is 13.6 Å². The number of hydrogen-bond donors (Lipinski definition) is 1. The molecule has 1 aromatic carbocycles. The van der Waals surface area contributed by atoms with Crippen LogP contribution in [-0.4, -0.2) is 21.4 Å². The van der Waals surface area contributed by atoms with Crippen LogP contribution < -0.4 is 5.32 Å². The molecular weight excluding hydrogens is 362 g/mol. The van der Waals surface area contributed by atoms with Crippen LogP contribution >= 0.6 is 11.8 Å². The molecule has 0 saturated heterocycles. The van der Waals surface area contributed by atoms with Crippen molar-refractivity contribution in [2.75, 3.05) is 5.32 Å². The van der Waals surface area contributed by atoms with Crippen LogP contribution in [0.5, 0.6) is 0 Å². The van der Waals surface area contributed by atoms with Crippen molar-refractivity contribution in [2.24, 2.45) is 0 Å². The van der Waals surface area contributed by atoms with E-state index in [1.807, 2.05) is 32.0 Å². The number of aromatic nitrogens is 2. The van der Waals surface area contributed by atoms with Crippen LogP contribution in [0.4, 0.5) is 5.69 Å². The molecule has 0 fully saturated rings. The monoisotopic (exact) mass is 385 g/mol. The minimum Gasteiger partial charge on any atom is -0.469 e. The second-order valence-electron chi connectivity index (χ2n) is 6.41. The SMILES string of the molecule is CC[C@@H](C)c1ccccc1NC(=O)[C@H](C)Sc1nnc(-c2ccoc2C)o1. The number of para-hydroxylation sites is 1. The van der Waals surface area contributed by atoms with Crippen LogP contribution in [-0.2, 0) is 4.79 Å². The van der Waals surface area contributed by atoms with Gasteiger partial charge >= 0.3 is 0 Å². The van der Waals surface area contributed by atoms with Gasteiger partial charge in [-0.2, -0.15) is 0 Å². The van der Waals surface area contributed by atoms with E-state index in [1.165, 1.54) is 11.8 Å². The first-order valence-electron chi connectivity index (χ1n) is 8.94. The fourth-order valence-corrected chi connectivity index (χ4v) is 3.36. The van der Waals surface area contributed by atoms with E-state index >= 15 is 0 Å². The normalized spacial score (nSPS) is 13.3. The van der Waals surface area contributed by atoms with Crippen LogP contribution in [0.2, 0.25) is 0 Å². The number of furan rings is 1. The van der Waals surface area contributed by atoms with Gasteiger partial charge in [-0.3, -0.25) is 4.79 Å². The minimum absolute atomic E-state index is 0.102. The number of amides is 1. The molecule has 0 aliphatic heterocycles. The maximum absolute atomic E-state index is 12.6. The van der Waals surface area contributed by atoms with E-state index < -0.39 is 0 Å². The van der Waals surface area contributed by atoms with Crippen molar-refractivity contribution in [1.29, 1.82) is 0 Å². The molecule has 1 N–H and O–H groups in total. The van der Waals surface area contributed by atoms with Crippen LogP contribution in [0, 0.1) is 6.92 Å². The van der Waals surface area contributed by atoms with Crippen LogP contribution in [0.25, 0.3) is 11.5 Å². The summed E-state index contributed by atoms with van der Waals surface area (Å²) in [6, 6.07) is 9.69. The average molecular weight is 385 g/mol. The molecule has 3 aromatic rings. The molecular formula is C20H23N3O3S. The number of nitrogens with zero attached hydrogens (tertiary/aromatic N) is 2. The summed E-state index contributed by atoms with van der Waals surface area (Å²) in [7, 11) is 0. The third-order valence-corrected chi connectivity index (χ3v) is 5.44. The molecule has 2 heterocycles. The molecule has 2 atom stereocenters. The van der Waals surface area contributed by atoms with Gasteiger partial charge in [0.15, 0.2) is 0 Å². The predicted octanol–water partition coefficient (Wildman–Crippen LogP) is 5.27. The highest BCUT2D eigenvalue weighted by Gasteiger charge is 2.21. The summed E-state index contributed by atoms with van der Waals surface area (Å²) in [6.07, 6.45) is 2.59. The first-order chi connectivity index (χ1) is 13.0. The van der Waals surface area contributed by atoms with Crippen molar-refractivity contribution >= 4 is 23.4 Å². The van der Waals surface area contributed by atoms with E-state index in [0.29, 0.717) is 22.8 Å². The van der Waals surface area contributed by atoms with Crippen molar-refractivity contribution in [3.8, 4) is 11.5 Å². The molecule has 27 heavy (non-hydrogen) atoms. The topological polar surface area (TPSA) is 81.2 Å². The maximum Gasteiger partial charge on any atom is 0.277 e. The standard InChI is InChI=1S/C20H23N3O3S/c1-5-12(2)15-8-6-7-9-17(15)21-18(24)14(4)27-20-23-22-19(26-20)16-10-11-25-13(16)3/h6-12,14H,5H2,1-4H3,(H,21,24)/t12-,14+/m1/s1. The van der Waals surface area contributed by atoms with Crippen molar-refractivity contribution in [3.63, 3.8) is 0 Å². The molecule has 0 aliphatic rings. The van der Waals surface area contributed by atoms with Gasteiger partial charge in [0.25, 0.3) is 11.1 Å². The maximum atomic E-state index is 12.6. The molecule has 1 amide bonds. The molecule has 3 rings (SSSR count). The molecule has 6 nitrogen and oxygen atoms in total. The molecule has 0 aliphatic carbocycles. The fraction of sp³-hybridized carbons (Fsp3) is 0.350. The molecule has 2 aromatic heterocycles. The van der Waals surface area contributed by atoms with E-state index in [0.717, 1.165) is 23.2 Å². The van der Waals surface area contributed by atoms with E-state index in [4.69, 9.17) is 8.83 Å². The van der Waals surface area contributed by atoms with Gasteiger partial charge in [0.05, 0.1) is 17.1 Å². The molecule has 0 unspecified atom stereocenters. The number of hydrogen-bond acceptors (Lipinski definition) is 6. The fourth-order valence-electron chi connectivity index (χ4n) is 2.67. The van der Waals surface area contributed by atoms with Gasteiger partial charge in [-0.15, -0.1) is 10.2 Å². The largest absolute Gasteiger partial charge is 0.469 e. The smallest absolute Gasteiger partial charge is 0.277 e. The summed E-state index contributed by atoms with van der Waals surface area (Å²) in [5.74, 6) is 1.37. The Balaban J connectivity index is 1.67. The Bertz CT molecular complexity index is 919. The molecule has 0 saturated carbocycles. The molecule has 0 spiro atoms. The van der Waals surface area contributed by atoms with E-state index in [1.54, 1.807) is 12.3 Å². The third-order valence-electron chi connectivity index (χ3n) is 4.50. The van der Waals surface area contributed by atoms with Gasteiger partial charge in [-0.25, -0.2) is 0 Å². The Labute approximate surface area is 162 Å². The van der Waals surface area contributed by atoms with Crippen LogP contribution in [0.1, 0.15) is 44.4 Å². The summed E-state index contributed by atoms with van der Waals surface area (Å²) >= 11 is 1.23. The number of carbonyl (C=O) groups is 1. The summed E-state index contributed by atoms with van der Waals surface area (Å²) in [4.78, 5) is 12.6. The second kappa shape index (κ2) is 8.43. The van der Waals surface area contributed by atoms with Gasteiger partial charge in [0.1, 0.15) is 5.76 Å². The molecule has 7 heteroatoms. The Hall–Kier alpha value is -2.54. The Morgan fingerprint density at radius 1 is 1.22 bits per heavy atom. The summed E-state index contributed by atoms with van der Waals surface area (Å²) in [5, 5.41) is 11.1. The molecule has 142 valence electrons. The Morgan fingerprint density at radius 3 is 2.70 bits per heavy atom. The zero-order valence-corrected chi connectivity index (χ0v) is 16.7. The molecule has 0 bridgehead atoms. The van der Waals surface area contributed by atoms with Gasteiger partial charge in [0, 0.05) is 5.69 Å². The second-order valence-corrected chi connectivity index (χ2v) is 7.70. The number of aryl methyl sites for hydroxylation is 1. The highest BCUT2D eigenvalue weighted by Crippen LogP contribution is 2.30. The van der Waals surface area contributed by atoms with Gasteiger partial charge in [-0.05, 0) is 43.9 Å². The zero-order chi connectivity index (χ0) is 19.4. The lowest BCUT2D eigenvalue weighted by Gasteiger charge is -2.17. The third kappa shape index (κ3) is 4.42. The van der Waals surface area contributed by atoms with Crippen molar-refractivity contribution in [2.45, 2.75) is 50.5 Å². The van der Waals surface area contributed by atoms with Gasteiger partial charge in [0.2, 0.25) is 5.91 Å². The number of nitrogens with one attached hydrogen (secondary N) is 1. The highest BCUT2D eigenvalue weighted by molar-refractivity contribution is 8.00. The lowest BCUT2D eigenvalue weighted by atomic mass is 9.97. The van der Waals surface area contributed by atoms with Crippen LogP contribution in [0.3, 0.4) is 0 Å². The number of anilines is 1. The Kier molecular flexibility index (Phi) is 6.01. The number of thioether (sulfide) groups is 1. The zero-order valence-electron chi connectivity index (χ0n) is 15.9. The Morgan fingerprint density at radius 2 is 2.00 bits per heavy atom. The van der Waals surface area contributed by atoms with Crippen LogP contribution in [0.15, 0.2) is 50.7 Å². The first kappa shape index (κ1) is 19.2. The van der Waals surface area contributed by atoms with Gasteiger partial charge < -0.3 is 14.2 Å². The molecule has 0 radical (unpaired) electrons. The highest BCUT2D eigenvalue weighted by atomic mass is 32.2. The first-order valence-corrected chi connectivity index (χ1v) is 9.82. The van der Waals surface area contributed by atoms with Crippen molar-refractivity contribution in [3.05, 3.63) is 47.9 Å². The number of benzene rings is 1. The van der Waals surface area contributed by atoms with E-state index in [2.05, 4.69) is 35.4 Å². The summed E-state index contributed by atoms with van der Waals surface area (Å²) in [5.41, 5.74) is 2.75. The van der Waals surface area contributed by atoms with E-state index in [9.17, 15) is 4.79 Å². The predicted molar refractivity (Wildman–Crippen MR) is 106 cm³/mol. The number of carbonyl (C=O) groups excluding carboxylic acids is 1. The van der Waals surface area contributed by atoms with E-state index in [-0.39, 0.29) is 11.2 Å². The lowest BCUT2D eigenvalue weighted by molar-refractivity contribution is -0.115.